The smallest absolute Gasteiger partial charge is 0.204 e. The Hall–Kier alpha value is -2.40. The molecule has 0 spiro atoms. The summed E-state index contributed by atoms with van der Waals surface area (Å²) in [5.74, 6) is 0.427. The first-order valence-electron chi connectivity index (χ1n) is 6.82. The summed E-state index contributed by atoms with van der Waals surface area (Å²) in [4.78, 5) is 4.52. The van der Waals surface area contributed by atoms with E-state index in [0.29, 0.717) is 19.0 Å². The summed E-state index contributed by atoms with van der Waals surface area (Å²) in [7, 11) is 0. The molecule has 1 aromatic heterocycles. The number of benzene rings is 2. The van der Waals surface area contributed by atoms with Crippen molar-refractivity contribution >= 4 is 17.0 Å². The molecule has 3 rings (SSSR count). The van der Waals surface area contributed by atoms with Crippen molar-refractivity contribution < 1.29 is 9.50 Å². The summed E-state index contributed by atoms with van der Waals surface area (Å²) in [5, 5.41) is 12.1. The maximum atomic E-state index is 13.3. The standard InChI is InChI=1S/C16H16FN3O/c17-13-5-3-4-12(10-13)11-20-15-7-2-1-6-14(15)19-16(20)18-8-9-21/h1-7,10,21H,8-9,11H2,(H,18,19). The van der Waals surface area contributed by atoms with Crippen molar-refractivity contribution in [2.45, 2.75) is 6.54 Å². The predicted molar refractivity (Wildman–Crippen MR) is 80.8 cm³/mol. The molecule has 0 unspecified atom stereocenters. The summed E-state index contributed by atoms with van der Waals surface area (Å²) < 4.78 is 15.3. The van der Waals surface area contributed by atoms with Crippen LogP contribution in [0.25, 0.3) is 11.0 Å². The monoisotopic (exact) mass is 285 g/mol. The third-order valence-electron chi connectivity index (χ3n) is 3.28. The van der Waals surface area contributed by atoms with Crippen molar-refractivity contribution in [2.24, 2.45) is 0 Å². The second-order valence-corrected chi connectivity index (χ2v) is 4.79. The summed E-state index contributed by atoms with van der Waals surface area (Å²) in [5.41, 5.74) is 2.71. The van der Waals surface area contributed by atoms with E-state index in [1.54, 1.807) is 6.07 Å². The zero-order valence-electron chi connectivity index (χ0n) is 11.5. The fourth-order valence-corrected chi connectivity index (χ4v) is 2.36. The number of hydrogen-bond donors (Lipinski definition) is 2. The highest BCUT2D eigenvalue weighted by atomic mass is 19.1. The molecule has 0 saturated carbocycles. The van der Waals surface area contributed by atoms with Gasteiger partial charge in [0.1, 0.15) is 5.82 Å². The molecule has 0 atom stereocenters. The van der Waals surface area contributed by atoms with Crippen molar-refractivity contribution in [3.05, 3.63) is 59.9 Å². The van der Waals surface area contributed by atoms with E-state index >= 15 is 0 Å². The first kappa shape index (κ1) is 13.6. The maximum Gasteiger partial charge on any atom is 0.204 e. The van der Waals surface area contributed by atoms with E-state index in [1.165, 1.54) is 12.1 Å². The average Bonchev–Trinajstić information content (AvgIpc) is 2.83. The van der Waals surface area contributed by atoms with Gasteiger partial charge in [-0.2, -0.15) is 0 Å². The first-order chi connectivity index (χ1) is 10.3. The molecule has 0 radical (unpaired) electrons. The minimum atomic E-state index is -0.248. The van der Waals surface area contributed by atoms with Crippen LogP contribution in [0.3, 0.4) is 0 Å². The lowest BCUT2D eigenvalue weighted by Crippen LogP contribution is -2.12. The van der Waals surface area contributed by atoms with Crippen LogP contribution < -0.4 is 5.32 Å². The van der Waals surface area contributed by atoms with Gasteiger partial charge < -0.3 is 15.0 Å². The van der Waals surface area contributed by atoms with Gasteiger partial charge in [0.25, 0.3) is 0 Å². The van der Waals surface area contributed by atoms with Gasteiger partial charge in [0.15, 0.2) is 0 Å². The average molecular weight is 285 g/mol. The molecule has 3 aromatic rings. The number of rotatable bonds is 5. The van der Waals surface area contributed by atoms with Crippen LogP contribution in [-0.2, 0) is 6.54 Å². The van der Waals surface area contributed by atoms with E-state index in [4.69, 9.17) is 5.11 Å². The molecule has 4 nitrogen and oxygen atoms in total. The number of para-hydroxylation sites is 2. The van der Waals surface area contributed by atoms with Gasteiger partial charge >= 0.3 is 0 Å². The molecule has 0 bridgehead atoms. The number of halogens is 1. The molecule has 1 heterocycles. The number of hydrogen-bond acceptors (Lipinski definition) is 3. The summed E-state index contributed by atoms with van der Waals surface area (Å²) in [6.07, 6.45) is 0. The van der Waals surface area contributed by atoms with E-state index in [-0.39, 0.29) is 12.4 Å². The Bertz CT molecular complexity index is 754. The number of fused-ring (bicyclic) bond motifs is 1. The van der Waals surface area contributed by atoms with Crippen LogP contribution in [-0.4, -0.2) is 27.8 Å². The van der Waals surface area contributed by atoms with E-state index in [1.807, 2.05) is 34.9 Å². The highest BCUT2D eigenvalue weighted by Crippen LogP contribution is 2.21. The Morgan fingerprint density at radius 1 is 1.14 bits per heavy atom. The number of nitrogens with zero attached hydrogens (tertiary/aromatic N) is 2. The molecule has 108 valence electrons. The molecule has 2 aromatic carbocycles. The molecular formula is C16H16FN3O. The normalized spacial score (nSPS) is 11.0. The number of aliphatic hydroxyl groups is 1. The van der Waals surface area contributed by atoms with Crippen LogP contribution in [0.1, 0.15) is 5.56 Å². The van der Waals surface area contributed by atoms with Crippen molar-refractivity contribution in [3.63, 3.8) is 0 Å². The molecule has 21 heavy (non-hydrogen) atoms. The Morgan fingerprint density at radius 3 is 2.81 bits per heavy atom. The molecular weight excluding hydrogens is 269 g/mol. The Kier molecular flexibility index (Phi) is 3.83. The topological polar surface area (TPSA) is 50.1 Å². The second-order valence-electron chi connectivity index (χ2n) is 4.79. The third-order valence-corrected chi connectivity index (χ3v) is 3.28. The zero-order chi connectivity index (χ0) is 14.7. The van der Waals surface area contributed by atoms with Gasteiger partial charge in [0.05, 0.1) is 24.2 Å². The number of nitrogens with one attached hydrogen (secondary N) is 1. The van der Waals surface area contributed by atoms with Crippen LogP contribution in [0.2, 0.25) is 0 Å². The number of aliphatic hydroxyl groups excluding tert-OH is 1. The molecule has 0 fully saturated rings. The fourth-order valence-electron chi connectivity index (χ4n) is 2.36. The molecule has 2 N–H and O–H groups in total. The molecule has 5 heteroatoms. The second kappa shape index (κ2) is 5.93. The Balaban J connectivity index is 2.02. The summed E-state index contributed by atoms with van der Waals surface area (Å²) >= 11 is 0. The van der Waals surface area contributed by atoms with E-state index < -0.39 is 0 Å². The summed E-state index contributed by atoms with van der Waals surface area (Å²) in [6, 6.07) is 14.3. The van der Waals surface area contributed by atoms with Gasteiger partial charge in [-0.25, -0.2) is 9.37 Å². The van der Waals surface area contributed by atoms with Crippen LogP contribution in [0, 0.1) is 5.82 Å². The minimum absolute atomic E-state index is 0.0309. The number of imidazole rings is 1. The van der Waals surface area contributed by atoms with Gasteiger partial charge in [-0.1, -0.05) is 24.3 Å². The number of anilines is 1. The Morgan fingerprint density at radius 2 is 2.00 bits per heavy atom. The SMILES string of the molecule is OCCNc1nc2ccccc2n1Cc1cccc(F)c1. The van der Waals surface area contributed by atoms with Gasteiger partial charge in [0, 0.05) is 6.54 Å². The van der Waals surface area contributed by atoms with Crippen LogP contribution in [0.15, 0.2) is 48.5 Å². The van der Waals surface area contributed by atoms with Crippen molar-refractivity contribution in [2.75, 3.05) is 18.5 Å². The molecule has 0 aliphatic heterocycles. The molecule has 0 amide bonds. The van der Waals surface area contributed by atoms with E-state index in [9.17, 15) is 4.39 Å². The zero-order valence-corrected chi connectivity index (χ0v) is 11.5. The van der Waals surface area contributed by atoms with Gasteiger partial charge in [-0.15, -0.1) is 0 Å². The van der Waals surface area contributed by atoms with Gasteiger partial charge in [0.2, 0.25) is 5.95 Å². The molecule has 0 saturated heterocycles. The van der Waals surface area contributed by atoms with Crippen LogP contribution >= 0.6 is 0 Å². The van der Waals surface area contributed by atoms with Gasteiger partial charge in [-0.3, -0.25) is 0 Å². The predicted octanol–water partition coefficient (Wildman–Crippen LogP) is 2.63. The lowest BCUT2D eigenvalue weighted by Gasteiger charge is -2.10. The quantitative estimate of drug-likeness (QED) is 0.757. The maximum absolute atomic E-state index is 13.3. The molecule has 0 aliphatic carbocycles. The van der Waals surface area contributed by atoms with E-state index in [2.05, 4.69) is 10.3 Å². The fraction of sp³-hybridized carbons (Fsp3) is 0.188. The first-order valence-corrected chi connectivity index (χ1v) is 6.82. The number of aromatic nitrogens is 2. The highest BCUT2D eigenvalue weighted by molar-refractivity contribution is 5.78. The van der Waals surface area contributed by atoms with Crippen LogP contribution in [0.5, 0.6) is 0 Å². The minimum Gasteiger partial charge on any atom is -0.395 e. The lowest BCUT2D eigenvalue weighted by molar-refractivity contribution is 0.310. The Labute approximate surface area is 121 Å². The van der Waals surface area contributed by atoms with Crippen LogP contribution in [0.4, 0.5) is 10.3 Å². The summed E-state index contributed by atoms with van der Waals surface area (Å²) in [6.45, 7) is 0.974. The largest absolute Gasteiger partial charge is 0.395 e. The van der Waals surface area contributed by atoms with Crippen molar-refractivity contribution in [1.29, 1.82) is 0 Å². The lowest BCUT2D eigenvalue weighted by atomic mass is 10.2. The van der Waals surface area contributed by atoms with Crippen molar-refractivity contribution in [1.82, 2.24) is 9.55 Å². The third kappa shape index (κ3) is 2.87. The van der Waals surface area contributed by atoms with Gasteiger partial charge in [-0.05, 0) is 29.8 Å². The van der Waals surface area contributed by atoms with Crippen molar-refractivity contribution in [3.8, 4) is 0 Å². The highest BCUT2D eigenvalue weighted by Gasteiger charge is 2.10. The van der Waals surface area contributed by atoms with E-state index in [0.717, 1.165) is 16.6 Å². The molecule has 0 aliphatic rings.